The number of ketones is 1. The number of nitrogens with one attached hydrogen (secondary N) is 2. The molecule has 196 valence electrons. The van der Waals surface area contributed by atoms with Gasteiger partial charge in [-0.3, -0.25) is 4.79 Å². The van der Waals surface area contributed by atoms with Gasteiger partial charge >= 0.3 is 6.03 Å². The number of nitrogens with two attached hydrogens (primary N) is 1. The van der Waals surface area contributed by atoms with E-state index >= 15 is 0 Å². The molecule has 9 nitrogen and oxygen atoms in total. The normalized spacial score (nSPS) is 17.4. The molecule has 2 saturated heterocycles. The summed E-state index contributed by atoms with van der Waals surface area (Å²) in [6, 6.07) is 14.8. The van der Waals surface area contributed by atoms with Crippen molar-refractivity contribution in [2.24, 2.45) is 5.73 Å². The van der Waals surface area contributed by atoms with Crippen LogP contribution in [0, 0.1) is 11.8 Å². The topological polar surface area (TPSA) is 114 Å². The minimum absolute atomic E-state index is 0.338. The van der Waals surface area contributed by atoms with Crippen LogP contribution >= 0.6 is 0 Å². The Morgan fingerprint density at radius 2 is 1.38 bits per heavy atom. The van der Waals surface area contributed by atoms with Gasteiger partial charge in [-0.1, -0.05) is 11.8 Å². The molecule has 0 radical (unpaired) electrons. The monoisotopic (exact) mass is 504 g/mol. The summed E-state index contributed by atoms with van der Waals surface area (Å²) in [7, 11) is 0. The molecule has 2 aliphatic heterocycles. The summed E-state index contributed by atoms with van der Waals surface area (Å²) in [6.45, 7) is 7.47. The van der Waals surface area contributed by atoms with Crippen LogP contribution < -0.4 is 26.2 Å². The van der Waals surface area contributed by atoms with Crippen molar-refractivity contribution in [1.29, 1.82) is 0 Å². The van der Waals surface area contributed by atoms with Gasteiger partial charge in [-0.25, -0.2) is 4.79 Å². The van der Waals surface area contributed by atoms with Crippen LogP contribution in [0.5, 0.6) is 0 Å². The van der Waals surface area contributed by atoms with E-state index in [0.717, 1.165) is 43.0 Å². The van der Waals surface area contributed by atoms with Gasteiger partial charge in [0.15, 0.2) is 5.78 Å². The van der Waals surface area contributed by atoms with Crippen molar-refractivity contribution < 1.29 is 14.7 Å². The number of Topliss-reactive ketones (excluding diaryl/α,β-unsaturated/α-hetero) is 1. The number of anilines is 2. The van der Waals surface area contributed by atoms with Gasteiger partial charge in [0, 0.05) is 80.9 Å². The number of nitrogens with zero attached hydrogens (tertiary/aromatic N) is 3. The Balaban J connectivity index is 1.28. The predicted molar refractivity (Wildman–Crippen MR) is 146 cm³/mol. The third-order valence-electron chi connectivity index (χ3n) is 6.81. The molecule has 4 rings (SSSR count). The third-order valence-corrected chi connectivity index (χ3v) is 6.81. The lowest BCUT2D eigenvalue weighted by atomic mass is 10.1. The first-order valence-corrected chi connectivity index (χ1v) is 12.8. The van der Waals surface area contributed by atoms with Crippen LogP contribution in [0.4, 0.5) is 16.2 Å². The molecule has 5 N–H and O–H groups in total. The number of urea groups is 1. The molecule has 0 bridgehead atoms. The minimum Gasteiger partial charge on any atom is -0.388 e. The first-order valence-electron chi connectivity index (χ1n) is 12.8. The van der Waals surface area contributed by atoms with Gasteiger partial charge in [0.25, 0.3) is 0 Å². The molecular formula is C28H36N6O3. The quantitative estimate of drug-likeness (QED) is 0.426. The molecule has 37 heavy (non-hydrogen) atoms. The highest BCUT2D eigenvalue weighted by atomic mass is 16.3. The summed E-state index contributed by atoms with van der Waals surface area (Å²) >= 11 is 0. The van der Waals surface area contributed by atoms with Crippen molar-refractivity contribution >= 4 is 23.2 Å². The number of hydrogen-bond acceptors (Lipinski definition) is 7. The Labute approximate surface area is 218 Å². The van der Waals surface area contributed by atoms with Crippen molar-refractivity contribution in [3.05, 3.63) is 59.7 Å². The van der Waals surface area contributed by atoms with Crippen LogP contribution in [-0.2, 0) is 4.79 Å². The maximum absolute atomic E-state index is 12.6. The van der Waals surface area contributed by atoms with Gasteiger partial charge in [0.05, 0.1) is 0 Å². The Morgan fingerprint density at radius 3 is 1.84 bits per heavy atom. The molecule has 2 atom stereocenters. The van der Waals surface area contributed by atoms with Gasteiger partial charge in [-0.2, -0.15) is 0 Å². The highest BCUT2D eigenvalue weighted by Crippen LogP contribution is 2.18. The SMILES string of the molecule is C[C@@H](N)[C@H](NC(=O)N1CCN(c2ccc(C#Cc3ccc(N4CCNCC4)cc3)cc2)CC1)C(=O)CO. The van der Waals surface area contributed by atoms with Crippen LogP contribution in [0.25, 0.3) is 0 Å². The van der Waals surface area contributed by atoms with Crippen molar-refractivity contribution in [3.8, 4) is 11.8 Å². The zero-order chi connectivity index (χ0) is 26.2. The van der Waals surface area contributed by atoms with Crippen LogP contribution in [0.2, 0.25) is 0 Å². The number of aliphatic hydroxyl groups is 1. The number of benzene rings is 2. The molecule has 0 aliphatic carbocycles. The Morgan fingerprint density at radius 1 is 0.892 bits per heavy atom. The van der Waals surface area contributed by atoms with Crippen LogP contribution in [0.1, 0.15) is 18.1 Å². The summed E-state index contributed by atoms with van der Waals surface area (Å²) in [6.07, 6.45) is 0. The number of hydrogen-bond donors (Lipinski definition) is 4. The van der Waals surface area contributed by atoms with Crippen molar-refractivity contribution in [3.63, 3.8) is 0 Å². The Hall–Kier alpha value is -3.58. The second-order valence-electron chi connectivity index (χ2n) is 9.47. The fourth-order valence-corrected chi connectivity index (χ4v) is 4.57. The molecule has 0 saturated carbocycles. The number of rotatable bonds is 6. The lowest BCUT2D eigenvalue weighted by Gasteiger charge is -2.37. The summed E-state index contributed by atoms with van der Waals surface area (Å²) in [5.41, 5.74) is 10.1. The van der Waals surface area contributed by atoms with E-state index in [0.29, 0.717) is 26.2 Å². The van der Waals surface area contributed by atoms with Crippen molar-refractivity contribution in [2.75, 3.05) is 68.8 Å². The molecule has 2 aliphatic rings. The first-order chi connectivity index (χ1) is 17.9. The van der Waals surface area contributed by atoms with Crippen LogP contribution in [-0.4, -0.2) is 92.9 Å². The average molecular weight is 505 g/mol. The summed E-state index contributed by atoms with van der Waals surface area (Å²) in [5, 5.41) is 15.1. The highest BCUT2D eigenvalue weighted by Gasteiger charge is 2.28. The second-order valence-corrected chi connectivity index (χ2v) is 9.47. The summed E-state index contributed by atoms with van der Waals surface area (Å²) in [5.74, 6) is 6.01. The average Bonchev–Trinajstić information content (AvgIpc) is 2.95. The molecule has 2 aromatic carbocycles. The zero-order valence-electron chi connectivity index (χ0n) is 21.3. The molecule has 2 aromatic rings. The van der Waals surface area contributed by atoms with Gasteiger partial charge in [-0.15, -0.1) is 0 Å². The fourth-order valence-electron chi connectivity index (χ4n) is 4.57. The van der Waals surface area contributed by atoms with E-state index in [-0.39, 0.29) is 6.03 Å². The molecule has 0 aromatic heterocycles. The fraction of sp³-hybridized carbons (Fsp3) is 0.429. The van der Waals surface area contributed by atoms with E-state index in [2.05, 4.69) is 68.7 Å². The predicted octanol–water partition coefficient (Wildman–Crippen LogP) is 0.605. The highest BCUT2D eigenvalue weighted by molar-refractivity contribution is 5.90. The maximum Gasteiger partial charge on any atom is 0.318 e. The van der Waals surface area contributed by atoms with E-state index in [4.69, 9.17) is 10.8 Å². The van der Waals surface area contributed by atoms with Gasteiger partial charge < -0.3 is 36.2 Å². The van der Waals surface area contributed by atoms with E-state index in [9.17, 15) is 9.59 Å². The van der Waals surface area contributed by atoms with Crippen molar-refractivity contribution in [2.45, 2.75) is 19.0 Å². The smallest absolute Gasteiger partial charge is 0.318 e. The minimum atomic E-state index is -0.894. The molecule has 0 spiro atoms. The van der Waals surface area contributed by atoms with Gasteiger partial charge in [0.1, 0.15) is 12.6 Å². The van der Waals surface area contributed by atoms with Crippen LogP contribution in [0.3, 0.4) is 0 Å². The first kappa shape index (κ1) is 26.5. The third kappa shape index (κ3) is 7.01. The zero-order valence-corrected chi connectivity index (χ0v) is 21.3. The number of aliphatic hydroxyl groups excluding tert-OH is 1. The summed E-state index contributed by atoms with van der Waals surface area (Å²) in [4.78, 5) is 30.7. The molecule has 2 heterocycles. The lowest BCUT2D eigenvalue weighted by molar-refractivity contribution is -0.123. The van der Waals surface area contributed by atoms with Crippen molar-refractivity contribution in [1.82, 2.24) is 15.5 Å². The largest absolute Gasteiger partial charge is 0.388 e. The molecule has 2 amide bonds. The maximum atomic E-state index is 12.6. The van der Waals surface area contributed by atoms with Crippen LogP contribution in [0.15, 0.2) is 48.5 Å². The Kier molecular flexibility index (Phi) is 9.01. The number of carbonyl (C=O) groups excluding carboxylic acids is 2. The number of amides is 2. The summed E-state index contributed by atoms with van der Waals surface area (Å²) < 4.78 is 0. The second kappa shape index (κ2) is 12.6. The van der Waals surface area contributed by atoms with Gasteiger partial charge in [0.2, 0.25) is 0 Å². The number of piperazine rings is 2. The Bertz CT molecular complexity index is 1110. The van der Waals surface area contributed by atoms with E-state index in [1.54, 1.807) is 11.8 Å². The standard InChI is InChI=1S/C28H36N6O3/c1-21(29)27(26(36)20-35)31-28(37)34-18-16-33(17-19-34)25-10-6-23(7-11-25)3-2-22-4-8-24(9-5-22)32-14-12-30-13-15-32/h4-11,21,27,30,35H,12-20,29H2,1H3,(H,31,37)/t21-,27+/m1/s1. The lowest BCUT2D eigenvalue weighted by Crippen LogP contribution is -2.58. The van der Waals surface area contributed by atoms with E-state index < -0.39 is 24.5 Å². The van der Waals surface area contributed by atoms with E-state index in [1.807, 2.05) is 12.1 Å². The molecule has 2 fully saturated rings. The molecular weight excluding hydrogens is 468 g/mol. The number of carbonyl (C=O) groups is 2. The van der Waals surface area contributed by atoms with E-state index in [1.165, 1.54) is 5.69 Å². The van der Waals surface area contributed by atoms with Gasteiger partial charge in [-0.05, 0) is 55.5 Å². The molecule has 0 unspecified atom stereocenters. The molecule has 9 heteroatoms.